The zero-order valence-corrected chi connectivity index (χ0v) is 20.0. The smallest absolute Gasteiger partial charge is 0.262 e. The van der Waals surface area contributed by atoms with E-state index < -0.39 is 0 Å². The molecule has 0 saturated carbocycles. The van der Waals surface area contributed by atoms with E-state index in [1.54, 1.807) is 17.7 Å². The Morgan fingerprint density at radius 1 is 1.18 bits per heavy atom. The zero-order valence-electron chi connectivity index (χ0n) is 19.2. The van der Waals surface area contributed by atoms with E-state index >= 15 is 0 Å². The van der Waals surface area contributed by atoms with E-state index in [1.807, 2.05) is 4.57 Å². The van der Waals surface area contributed by atoms with Gasteiger partial charge in [0.1, 0.15) is 10.7 Å². The highest BCUT2D eigenvalue weighted by molar-refractivity contribution is 7.18. The molecule has 0 radical (unpaired) electrons. The Morgan fingerprint density at radius 2 is 2.03 bits per heavy atom. The third-order valence-electron chi connectivity index (χ3n) is 7.60. The molecule has 4 aromatic rings. The predicted molar refractivity (Wildman–Crippen MR) is 134 cm³/mol. The highest BCUT2D eigenvalue weighted by atomic mass is 32.1. The highest BCUT2D eigenvalue weighted by Crippen LogP contribution is 2.37. The summed E-state index contributed by atoms with van der Waals surface area (Å²) in [6, 6.07) is 8.89. The molecule has 7 heteroatoms. The molecule has 1 aliphatic carbocycles. The lowest BCUT2D eigenvalue weighted by molar-refractivity contribution is 0.139. The summed E-state index contributed by atoms with van der Waals surface area (Å²) in [5, 5.41) is 0.899. The lowest BCUT2D eigenvalue weighted by atomic mass is 9.89. The maximum atomic E-state index is 13.1. The van der Waals surface area contributed by atoms with Crippen LogP contribution in [0.3, 0.4) is 0 Å². The number of piperidine rings is 1. The molecule has 3 aromatic heterocycles. The van der Waals surface area contributed by atoms with Crippen molar-refractivity contribution in [3.05, 3.63) is 57.2 Å². The summed E-state index contributed by atoms with van der Waals surface area (Å²) in [6.45, 7) is 5.16. The maximum absolute atomic E-state index is 13.1. The van der Waals surface area contributed by atoms with Crippen LogP contribution in [0, 0.1) is 0 Å². The molecule has 1 saturated heterocycles. The topological polar surface area (TPSA) is 66.8 Å². The van der Waals surface area contributed by atoms with Crippen molar-refractivity contribution in [1.29, 1.82) is 0 Å². The van der Waals surface area contributed by atoms with Gasteiger partial charge in [0.15, 0.2) is 0 Å². The summed E-state index contributed by atoms with van der Waals surface area (Å²) in [6.07, 6.45) is 9.35. The normalized spacial score (nSPS) is 20.0. The van der Waals surface area contributed by atoms with Gasteiger partial charge in [-0.15, -0.1) is 11.3 Å². The van der Waals surface area contributed by atoms with Crippen LogP contribution in [0.5, 0.6) is 0 Å². The van der Waals surface area contributed by atoms with Crippen LogP contribution in [0.1, 0.15) is 61.2 Å². The van der Waals surface area contributed by atoms with E-state index in [1.165, 1.54) is 10.4 Å². The van der Waals surface area contributed by atoms with Crippen LogP contribution in [0.15, 0.2) is 35.4 Å². The number of hydrogen-bond donors (Lipinski definition) is 1. The second-order valence-electron chi connectivity index (χ2n) is 9.63. The van der Waals surface area contributed by atoms with Crippen LogP contribution in [-0.4, -0.2) is 43.6 Å². The van der Waals surface area contributed by atoms with E-state index in [0.29, 0.717) is 12.0 Å². The number of aryl methyl sites for hydroxylation is 2. The monoisotopic (exact) mass is 461 g/mol. The van der Waals surface area contributed by atoms with E-state index in [-0.39, 0.29) is 5.56 Å². The number of para-hydroxylation sites is 2. The van der Waals surface area contributed by atoms with Crippen LogP contribution in [0.25, 0.3) is 21.3 Å². The number of H-pyrrole nitrogens is 1. The van der Waals surface area contributed by atoms with E-state index in [2.05, 4.69) is 46.1 Å². The quantitative estimate of drug-likeness (QED) is 0.460. The molecule has 0 spiro atoms. The largest absolute Gasteiger partial charge is 0.342 e. The zero-order chi connectivity index (χ0) is 22.4. The Balaban J connectivity index is 1.16. The van der Waals surface area contributed by atoms with Crippen molar-refractivity contribution < 1.29 is 0 Å². The molecule has 1 fully saturated rings. The van der Waals surface area contributed by atoms with Crippen molar-refractivity contribution in [3.8, 4) is 0 Å². The number of nitrogens with one attached hydrogen (secondary N) is 1. The number of aromatic amines is 1. The van der Waals surface area contributed by atoms with Gasteiger partial charge in [0.05, 0.1) is 22.7 Å². The number of aromatic nitrogens is 4. The Labute approximate surface area is 197 Å². The van der Waals surface area contributed by atoms with Crippen molar-refractivity contribution in [3.63, 3.8) is 0 Å². The van der Waals surface area contributed by atoms with Gasteiger partial charge in [0.25, 0.3) is 5.56 Å². The fraction of sp³-hybridized carbons (Fsp3) is 0.500. The molecular formula is C26H31N5OS. The number of fused-ring (bicyclic) bond motifs is 4. The summed E-state index contributed by atoms with van der Waals surface area (Å²) < 4.78 is 1.81. The average molecular weight is 462 g/mol. The Kier molecular flexibility index (Phi) is 5.54. The molecular weight excluding hydrogens is 430 g/mol. The number of unbranched alkanes of at least 4 members (excludes halogenated alkanes) is 1. The summed E-state index contributed by atoms with van der Waals surface area (Å²) in [4.78, 5) is 31.1. The second kappa shape index (κ2) is 8.69. The second-order valence-corrected chi connectivity index (χ2v) is 10.7. The van der Waals surface area contributed by atoms with Crippen molar-refractivity contribution in [2.45, 2.75) is 70.4 Å². The first kappa shape index (κ1) is 21.1. The Hall–Kier alpha value is -2.51. The fourth-order valence-corrected chi connectivity index (χ4v) is 6.94. The summed E-state index contributed by atoms with van der Waals surface area (Å²) in [7, 11) is 0. The molecule has 1 aliphatic heterocycles. The highest BCUT2D eigenvalue weighted by Gasteiger charge is 2.32. The van der Waals surface area contributed by atoms with Crippen molar-refractivity contribution >= 4 is 32.6 Å². The third kappa shape index (κ3) is 3.81. The molecule has 0 bridgehead atoms. The van der Waals surface area contributed by atoms with Crippen LogP contribution in [0.2, 0.25) is 0 Å². The molecule has 172 valence electrons. The number of hydrogen-bond acceptors (Lipinski definition) is 5. The number of likely N-dealkylation sites (tertiary alicyclic amines) is 1. The van der Waals surface area contributed by atoms with E-state index in [0.717, 1.165) is 91.7 Å². The fourth-order valence-electron chi connectivity index (χ4n) is 5.69. The molecule has 1 N–H and O–H groups in total. The van der Waals surface area contributed by atoms with Gasteiger partial charge < -0.3 is 4.98 Å². The van der Waals surface area contributed by atoms with Gasteiger partial charge in [0.2, 0.25) is 0 Å². The lowest BCUT2D eigenvalue weighted by Gasteiger charge is -2.38. The molecule has 4 heterocycles. The standard InChI is InChI=1S/C26H31N5OS/c1-2-3-12-31-16-27-25-23(26(31)32)19-9-8-18(15-22(19)33-25)30-13-10-17(11-14-30)24-28-20-6-4-5-7-21(20)29-24/h4-7,16-18H,2-3,8-15H2,1H3,(H,28,29)/t18-/m0/s1. The molecule has 1 atom stereocenters. The Morgan fingerprint density at radius 3 is 2.85 bits per heavy atom. The van der Waals surface area contributed by atoms with Crippen LogP contribution in [-0.2, 0) is 19.4 Å². The first-order valence-electron chi connectivity index (χ1n) is 12.4. The minimum absolute atomic E-state index is 0.163. The minimum Gasteiger partial charge on any atom is -0.342 e. The summed E-state index contributed by atoms with van der Waals surface area (Å²) in [5.74, 6) is 1.67. The van der Waals surface area contributed by atoms with E-state index in [9.17, 15) is 4.79 Å². The number of thiophene rings is 1. The predicted octanol–water partition coefficient (Wildman–Crippen LogP) is 4.87. The SMILES string of the molecule is CCCCn1cnc2sc3c(c2c1=O)CC[C@H](N1CCC(c2nc4ccccc4[nH]2)CC1)C3. The Bertz CT molecular complexity index is 1310. The number of imidazole rings is 1. The number of benzene rings is 1. The van der Waals surface area contributed by atoms with Gasteiger partial charge in [-0.1, -0.05) is 25.5 Å². The van der Waals surface area contributed by atoms with Crippen molar-refractivity contribution in [2.24, 2.45) is 0 Å². The van der Waals surface area contributed by atoms with Crippen LogP contribution < -0.4 is 5.56 Å². The minimum atomic E-state index is 0.163. The van der Waals surface area contributed by atoms with Gasteiger partial charge in [-0.05, 0) is 69.3 Å². The first-order valence-corrected chi connectivity index (χ1v) is 13.2. The number of nitrogens with zero attached hydrogens (tertiary/aromatic N) is 4. The molecule has 0 unspecified atom stereocenters. The lowest BCUT2D eigenvalue weighted by Crippen LogP contribution is -2.43. The van der Waals surface area contributed by atoms with Crippen molar-refractivity contribution in [2.75, 3.05) is 13.1 Å². The molecule has 6 nitrogen and oxygen atoms in total. The molecule has 33 heavy (non-hydrogen) atoms. The molecule has 2 aliphatic rings. The summed E-state index contributed by atoms with van der Waals surface area (Å²) in [5.41, 5.74) is 3.66. The van der Waals surface area contributed by atoms with Gasteiger partial charge in [-0.3, -0.25) is 14.3 Å². The maximum Gasteiger partial charge on any atom is 0.262 e. The number of rotatable bonds is 5. The van der Waals surface area contributed by atoms with Gasteiger partial charge in [-0.2, -0.15) is 0 Å². The van der Waals surface area contributed by atoms with Gasteiger partial charge in [-0.25, -0.2) is 9.97 Å². The van der Waals surface area contributed by atoms with Crippen LogP contribution in [0.4, 0.5) is 0 Å². The molecule has 1 aromatic carbocycles. The van der Waals surface area contributed by atoms with E-state index in [4.69, 9.17) is 4.98 Å². The molecule has 6 rings (SSSR count). The van der Waals surface area contributed by atoms with Gasteiger partial charge >= 0.3 is 0 Å². The van der Waals surface area contributed by atoms with Crippen molar-refractivity contribution in [1.82, 2.24) is 24.4 Å². The third-order valence-corrected chi connectivity index (χ3v) is 8.77. The van der Waals surface area contributed by atoms with Crippen LogP contribution >= 0.6 is 11.3 Å². The average Bonchev–Trinajstić information content (AvgIpc) is 3.45. The summed E-state index contributed by atoms with van der Waals surface area (Å²) >= 11 is 1.75. The first-order chi connectivity index (χ1) is 16.2. The molecule has 0 amide bonds. The van der Waals surface area contributed by atoms with Gasteiger partial charge in [0, 0.05) is 23.4 Å².